The van der Waals surface area contributed by atoms with Gasteiger partial charge in [0.05, 0.1) is 12.0 Å². The molecular weight excluding hydrogens is 286 g/mol. The van der Waals surface area contributed by atoms with Crippen molar-refractivity contribution in [1.29, 1.82) is 0 Å². The molecule has 0 saturated heterocycles. The number of nitrogen functional groups attached to an aromatic ring is 2. The fraction of sp³-hybridized carbons (Fsp3) is 0.231. The SMILES string of the molecule is Nc1cccnc1SCCCn1cnc2c(N)ncnc21. The van der Waals surface area contributed by atoms with Crippen LogP contribution in [-0.4, -0.2) is 30.3 Å². The minimum Gasteiger partial charge on any atom is -0.397 e. The van der Waals surface area contributed by atoms with E-state index in [-0.39, 0.29) is 0 Å². The van der Waals surface area contributed by atoms with Gasteiger partial charge in [-0.25, -0.2) is 19.9 Å². The van der Waals surface area contributed by atoms with Crippen LogP contribution in [0.1, 0.15) is 6.42 Å². The minimum absolute atomic E-state index is 0.411. The minimum atomic E-state index is 0.411. The van der Waals surface area contributed by atoms with Crippen molar-refractivity contribution in [3.63, 3.8) is 0 Å². The molecule has 4 N–H and O–H groups in total. The summed E-state index contributed by atoms with van der Waals surface area (Å²) in [5, 5.41) is 0.875. The zero-order valence-corrected chi connectivity index (χ0v) is 12.1. The highest BCUT2D eigenvalue weighted by atomic mass is 32.2. The summed E-state index contributed by atoms with van der Waals surface area (Å²) in [6.45, 7) is 0.812. The van der Waals surface area contributed by atoms with Crippen LogP contribution in [0.3, 0.4) is 0 Å². The van der Waals surface area contributed by atoms with Gasteiger partial charge in [0.2, 0.25) is 0 Å². The van der Waals surface area contributed by atoms with Crippen molar-refractivity contribution >= 4 is 34.4 Å². The second kappa shape index (κ2) is 5.96. The average molecular weight is 301 g/mol. The van der Waals surface area contributed by atoms with Crippen molar-refractivity contribution in [2.45, 2.75) is 18.0 Å². The largest absolute Gasteiger partial charge is 0.397 e. The van der Waals surface area contributed by atoms with E-state index in [2.05, 4.69) is 19.9 Å². The molecule has 21 heavy (non-hydrogen) atoms. The molecule has 108 valence electrons. The second-order valence-electron chi connectivity index (χ2n) is 4.47. The van der Waals surface area contributed by atoms with Gasteiger partial charge in [-0.3, -0.25) is 0 Å². The number of imidazole rings is 1. The molecule has 0 fully saturated rings. The molecule has 0 aliphatic heterocycles. The van der Waals surface area contributed by atoms with E-state index < -0.39 is 0 Å². The van der Waals surface area contributed by atoms with Crippen LogP contribution in [0.4, 0.5) is 11.5 Å². The number of aromatic nitrogens is 5. The van der Waals surface area contributed by atoms with Crippen molar-refractivity contribution in [3.05, 3.63) is 31.0 Å². The molecule has 8 heteroatoms. The Morgan fingerprint density at radius 1 is 1.14 bits per heavy atom. The molecule has 3 aromatic rings. The maximum absolute atomic E-state index is 5.86. The van der Waals surface area contributed by atoms with E-state index >= 15 is 0 Å². The highest BCUT2D eigenvalue weighted by Crippen LogP contribution is 2.22. The normalized spacial score (nSPS) is 11.0. The van der Waals surface area contributed by atoms with Gasteiger partial charge in [0.1, 0.15) is 16.9 Å². The van der Waals surface area contributed by atoms with Crippen LogP contribution in [0.5, 0.6) is 0 Å². The van der Waals surface area contributed by atoms with Crippen molar-refractivity contribution in [2.75, 3.05) is 17.2 Å². The molecule has 0 bridgehead atoms. The number of hydrogen-bond donors (Lipinski definition) is 2. The van der Waals surface area contributed by atoms with Gasteiger partial charge in [0, 0.05) is 18.5 Å². The molecule has 0 aromatic carbocycles. The third-order valence-electron chi connectivity index (χ3n) is 3.01. The van der Waals surface area contributed by atoms with E-state index in [4.69, 9.17) is 11.5 Å². The first-order chi connectivity index (χ1) is 10.3. The maximum Gasteiger partial charge on any atom is 0.165 e. The predicted octanol–water partition coefficient (Wildman–Crippen LogP) is 1.57. The lowest BCUT2D eigenvalue weighted by molar-refractivity contribution is 0.696. The number of anilines is 2. The summed E-state index contributed by atoms with van der Waals surface area (Å²) in [5.41, 5.74) is 13.8. The molecule has 0 unspecified atom stereocenters. The highest BCUT2D eigenvalue weighted by molar-refractivity contribution is 7.99. The number of nitrogens with zero attached hydrogens (tertiary/aromatic N) is 5. The Morgan fingerprint density at radius 3 is 2.90 bits per heavy atom. The van der Waals surface area contributed by atoms with Gasteiger partial charge < -0.3 is 16.0 Å². The Kier molecular flexibility index (Phi) is 3.87. The summed E-state index contributed by atoms with van der Waals surface area (Å²) < 4.78 is 1.98. The Hall–Kier alpha value is -2.35. The second-order valence-corrected chi connectivity index (χ2v) is 5.55. The molecule has 0 atom stereocenters. The zero-order valence-electron chi connectivity index (χ0n) is 11.3. The first-order valence-corrected chi connectivity index (χ1v) is 7.49. The standard InChI is InChI=1S/C13H15N7S/c14-9-3-1-4-16-13(9)21-6-2-5-20-8-19-10-11(15)17-7-18-12(10)20/h1,3-4,7-8H,2,5-6,14H2,(H2,15,17,18). The topological polar surface area (TPSA) is 109 Å². The van der Waals surface area contributed by atoms with E-state index in [9.17, 15) is 0 Å². The molecule has 3 heterocycles. The number of aryl methyl sites for hydroxylation is 1. The van der Waals surface area contributed by atoms with Crippen LogP contribution in [0.15, 0.2) is 36.0 Å². The van der Waals surface area contributed by atoms with Crippen molar-refractivity contribution in [2.24, 2.45) is 0 Å². The Morgan fingerprint density at radius 2 is 2.05 bits per heavy atom. The van der Waals surface area contributed by atoms with Crippen LogP contribution in [0, 0.1) is 0 Å². The fourth-order valence-corrected chi connectivity index (χ4v) is 2.83. The predicted molar refractivity (Wildman–Crippen MR) is 83.7 cm³/mol. The van der Waals surface area contributed by atoms with Crippen LogP contribution in [0.25, 0.3) is 11.2 Å². The molecule has 0 aliphatic rings. The smallest absolute Gasteiger partial charge is 0.165 e. The number of rotatable bonds is 5. The van der Waals surface area contributed by atoms with Gasteiger partial charge in [0.25, 0.3) is 0 Å². The van der Waals surface area contributed by atoms with E-state index in [1.54, 1.807) is 24.3 Å². The number of nitrogens with two attached hydrogens (primary N) is 2. The summed E-state index contributed by atoms with van der Waals surface area (Å²) in [7, 11) is 0. The Balaban J connectivity index is 1.60. The molecule has 0 spiro atoms. The number of hydrogen-bond acceptors (Lipinski definition) is 7. The van der Waals surface area contributed by atoms with Crippen LogP contribution < -0.4 is 11.5 Å². The Bertz CT molecular complexity index is 755. The summed E-state index contributed by atoms with van der Waals surface area (Å²) in [6, 6.07) is 3.69. The van der Waals surface area contributed by atoms with Gasteiger partial charge >= 0.3 is 0 Å². The molecule has 3 aromatic heterocycles. The molecule has 0 radical (unpaired) electrons. The number of pyridine rings is 1. The molecule has 7 nitrogen and oxygen atoms in total. The van der Waals surface area contributed by atoms with Gasteiger partial charge in [-0.2, -0.15) is 0 Å². The van der Waals surface area contributed by atoms with Crippen LogP contribution in [-0.2, 0) is 6.54 Å². The van der Waals surface area contributed by atoms with Gasteiger partial charge in [-0.05, 0) is 18.6 Å². The zero-order chi connectivity index (χ0) is 14.7. The summed E-state index contributed by atoms with van der Waals surface area (Å²) in [5.74, 6) is 1.33. The lowest BCUT2D eigenvalue weighted by atomic mass is 10.4. The summed E-state index contributed by atoms with van der Waals surface area (Å²) in [4.78, 5) is 16.7. The molecule has 0 aliphatic carbocycles. The van der Waals surface area contributed by atoms with Gasteiger partial charge in [-0.1, -0.05) is 0 Å². The third kappa shape index (κ3) is 2.89. The van der Waals surface area contributed by atoms with E-state index in [1.807, 2.05) is 16.7 Å². The maximum atomic E-state index is 5.86. The first kappa shape index (κ1) is 13.6. The van der Waals surface area contributed by atoms with Crippen molar-refractivity contribution in [1.82, 2.24) is 24.5 Å². The van der Waals surface area contributed by atoms with Crippen molar-refractivity contribution < 1.29 is 0 Å². The van der Waals surface area contributed by atoms with E-state index in [1.165, 1.54) is 6.33 Å². The molecule has 3 rings (SSSR count). The Labute approximate surface area is 125 Å². The lowest BCUT2D eigenvalue weighted by Crippen LogP contribution is -2.00. The quantitative estimate of drug-likeness (QED) is 0.544. The molecule has 0 saturated carbocycles. The lowest BCUT2D eigenvalue weighted by Gasteiger charge is -2.05. The van der Waals surface area contributed by atoms with Crippen LogP contribution >= 0.6 is 11.8 Å². The molecule has 0 amide bonds. The van der Waals surface area contributed by atoms with E-state index in [0.29, 0.717) is 11.3 Å². The number of thioether (sulfide) groups is 1. The fourth-order valence-electron chi connectivity index (χ4n) is 1.99. The summed E-state index contributed by atoms with van der Waals surface area (Å²) in [6.07, 6.45) is 5.91. The average Bonchev–Trinajstić information content (AvgIpc) is 2.90. The van der Waals surface area contributed by atoms with Gasteiger partial charge in [0.15, 0.2) is 11.5 Å². The highest BCUT2D eigenvalue weighted by Gasteiger charge is 2.07. The third-order valence-corrected chi connectivity index (χ3v) is 4.12. The molecular formula is C13H15N7S. The van der Waals surface area contributed by atoms with Crippen LogP contribution in [0.2, 0.25) is 0 Å². The summed E-state index contributed by atoms with van der Waals surface area (Å²) >= 11 is 1.65. The monoisotopic (exact) mass is 301 g/mol. The van der Waals surface area contributed by atoms with Gasteiger partial charge in [-0.15, -0.1) is 11.8 Å². The number of fused-ring (bicyclic) bond motifs is 1. The first-order valence-electron chi connectivity index (χ1n) is 6.50. The van der Waals surface area contributed by atoms with E-state index in [0.717, 1.165) is 35.1 Å². The van der Waals surface area contributed by atoms with Crippen molar-refractivity contribution in [3.8, 4) is 0 Å².